The predicted molar refractivity (Wildman–Crippen MR) is 89.3 cm³/mol. The van der Waals surface area contributed by atoms with E-state index in [0.29, 0.717) is 22.3 Å². The minimum Gasteiger partial charge on any atom is -0.497 e. The van der Waals surface area contributed by atoms with Crippen LogP contribution < -0.4 is 10.4 Å². The van der Waals surface area contributed by atoms with Crippen LogP contribution in [0, 0.1) is 11.3 Å². The summed E-state index contributed by atoms with van der Waals surface area (Å²) in [4.78, 5) is 24.1. The monoisotopic (exact) mass is 335 g/mol. The molecule has 124 valence electrons. The molecule has 0 N–H and O–H groups in total. The predicted octanol–water partition coefficient (Wildman–Crippen LogP) is 3.03. The molecular formula is C19H13NO5. The Balaban J connectivity index is 2.01. The fourth-order valence-corrected chi connectivity index (χ4v) is 2.43. The maximum Gasteiger partial charge on any atom is 0.354 e. The molecule has 3 aromatic rings. The van der Waals surface area contributed by atoms with Crippen molar-refractivity contribution in [3.63, 3.8) is 0 Å². The number of rotatable bonds is 4. The van der Waals surface area contributed by atoms with Crippen LogP contribution in [0.2, 0.25) is 0 Å². The molecule has 3 rings (SSSR count). The molecule has 6 nitrogen and oxygen atoms in total. The fourth-order valence-electron chi connectivity index (χ4n) is 2.43. The Morgan fingerprint density at radius 1 is 1.20 bits per heavy atom. The lowest BCUT2D eigenvalue weighted by molar-refractivity contribution is 0.0473. The Morgan fingerprint density at radius 2 is 1.96 bits per heavy atom. The quantitative estimate of drug-likeness (QED) is 0.538. The largest absolute Gasteiger partial charge is 0.497 e. The number of methoxy groups -OCH3 is 1. The van der Waals surface area contributed by atoms with Crippen molar-refractivity contribution in [2.45, 2.75) is 6.61 Å². The summed E-state index contributed by atoms with van der Waals surface area (Å²) in [7, 11) is 1.49. The smallest absolute Gasteiger partial charge is 0.354 e. The first-order chi connectivity index (χ1) is 12.1. The number of esters is 1. The molecule has 25 heavy (non-hydrogen) atoms. The zero-order valence-corrected chi connectivity index (χ0v) is 13.3. The Kier molecular flexibility index (Phi) is 4.48. The molecule has 0 aliphatic rings. The molecule has 0 aliphatic carbocycles. The maximum absolute atomic E-state index is 12.1. The van der Waals surface area contributed by atoms with Crippen molar-refractivity contribution in [3.8, 4) is 11.8 Å². The zero-order valence-electron chi connectivity index (χ0n) is 13.3. The number of nitrogens with zero attached hydrogens (tertiary/aromatic N) is 1. The third-order valence-corrected chi connectivity index (χ3v) is 3.69. The average molecular weight is 335 g/mol. The Hall–Kier alpha value is -3.59. The Labute approximate surface area is 142 Å². The molecule has 1 aromatic heterocycles. The van der Waals surface area contributed by atoms with E-state index in [-0.39, 0.29) is 17.8 Å². The van der Waals surface area contributed by atoms with Crippen molar-refractivity contribution in [2.24, 2.45) is 0 Å². The van der Waals surface area contributed by atoms with Crippen LogP contribution in [0.5, 0.6) is 5.75 Å². The molecule has 0 atom stereocenters. The van der Waals surface area contributed by atoms with Crippen LogP contribution in [0.25, 0.3) is 11.0 Å². The van der Waals surface area contributed by atoms with Crippen LogP contribution in [-0.2, 0) is 11.3 Å². The third kappa shape index (κ3) is 3.21. The van der Waals surface area contributed by atoms with E-state index < -0.39 is 11.6 Å². The second-order valence-corrected chi connectivity index (χ2v) is 5.16. The Bertz CT molecular complexity index is 1030. The number of nitriles is 1. The van der Waals surface area contributed by atoms with Crippen molar-refractivity contribution >= 4 is 16.9 Å². The van der Waals surface area contributed by atoms with Gasteiger partial charge in [0.1, 0.15) is 29.6 Å². The van der Waals surface area contributed by atoms with E-state index >= 15 is 0 Å². The minimum absolute atomic E-state index is 0.182. The van der Waals surface area contributed by atoms with Gasteiger partial charge in [0.2, 0.25) is 0 Å². The standard InChI is InChI=1S/C19H13NO5/c1-23-13-7-8-14-16(15(10-20)19(22)25-17(14)9-13)11-24-18(21)12-5-3-2-4-6-12/h2-9H,11H2,1H3. The summed E-state index contributed by atoms with van der Waals surface area (Å²) in [5, 5.41) is 9.78. The van der Waals surface area contributed by atoms with Gasteiger partial charge in [0.05, 0.1) is 12.7 Å². The molecule has 0 amide bonds. The molecule has 1 heterocycles. The van der Waals surface area contributed by atoms with Crippen LogP contribution >= 0.6 is 0 Å². The highest BCUT2D eigenvalue weighted by atomic mass is 16.5. The lowest BCUT2D eigenvalue weighted by Gasteiger charge is -2.09. The van der Waals surface area contributed by atoms with E-state index in [9.17, 15) is 14.9 Å². The summed E-state index contributed by atoms with van der Waals surface area (Å²) >= 11 is 0. The van der Waals surface area contributed by atoms with Gasteiger partial charge in [-0.2, -0.15) is 5.26 Å². The Morgan fingerprint density at radius 3 is 2.64 bits per heavy atom. The number of ether oxygens (including phenoxy) is 2. The van der Waals surface area contributed by atoms with Gasteiger partial charge >= 0.3 is 11.6 Å². The van der Waals surface area contributed by atoms with Crippen molar-refractivity contribution in [3.05, 3.63) is 75.6 Å². The van der Waals surface area contributed by atoms with Crippen LogP contribution in [0.3, 0.4) is 0 Å². The molecule has 0 unspecified atom stereocenters. The van der Waals surface area contributed by atoms with Gasteiger partial charge in [0.25, 0.3) is 0 Å². The average Bonchev–Trinajstić information content (AvgIpc) is 2.65. The van der Waals surface area contributed by atoms with Crippen molar-refractivity contribution in [2.75, 3.05) is 7.11 Å². The van der Waals surface area contributed by atoms with E-state index in [1.807, 2.05) is 6.07 Å². The molecule has 0 saturated heterocycles. The van der Waals surface area contributed by atoms with Crippen LogP contribution in [0.4, 0.5) is 0 Å². The first-order valence-electron chi connectivity index (χ1n) is 7.40. The van der Waals surface area contributed by atoms with E-state index in [1.165, 1.54) is 7.11 Å². The first kappa shape index (κ1) is 16.3. The van der Waals surface area contributed by atoms with Crippen molar-refractivity contribution in [1.29, 1.82) is 5.26 Å². The molecule has 0 bridgehead atoms. The SMILES string of the molecule is COc1ccc2c(COC(=O)c3ccccc3)c(C#N)c(=O)oc2c1. The summed E-state index contributed by atoms with van der Waals surface area (Å²) in [5.74, 6) is -0.0352. The molecule has 2 aromatic carbocycles. The molecule has 6 heteroatoms. The normalized spacial score (nSPS) is 10.2. The summed E-state index contributed by atoms with van der Waals surface area (Å²) in [5.41, 5.74) is -0.0164. The lowest BCUT2D eigenvalue weighted by Crippen LogP contribution is -2.12. The van der Waals surface area contributed by atoms with Crippen LogP contribution in [-0.4, -0.2) is 13.1 Å². The summed E-state index contributed by atoms with van der Waals surface area (Å²) < 4.78 is 15.5. The highest BCUT2D eigenvalue weighted by Crippen LogP contribution is 2.25. The van der Waals surface area contributed by atoms with E-state index in [4.69, 9.17) is 13.9 Å². The topological polar surface area (TPSA) is 89.5 Å². The first-order valence-corrected chi connectivity index (χ1v) is 7.40. The zero-order chi connectivity index (χ0) is 17.8. The maximum atomic E-state index is 12.1. The van der Waals surface area contributed by atoms with E-state index in [0.717, 1.165) is 0 Å². The van der Waals surface area contributed by atoms with Crippen LogP contribution in [0.15, 0.2) is 57.7 Å². The van der Waals surface area contributed by atoms with Crippen molar-refractivity contribution in [1.82, 2.24) is 0 Å². The molecular weight excluding hydrogens is 322 g/mol. The summed E-state index contributed by atoms with van der Waals surface area (Å²) in [6.45, 7) is -0.217. The van der Waals surface area contributed by atoms with Crippen LogP contribution in [0.1, 0.15) is 21.5 Å². The van der Waals surface area contributed by atoms with Gasteiger partial charge in [-0.1, -0.05) is 18.2 Å². The van der Waals surface area contributed by atoms with Gasteiger partial charge < -0.3 is 13.9 Å². The van der Waals surface area contributed by atoms with Gasteiger partial charge in [-0.15, -0.1) is 0 Å². The molecule has 0 saturated carbocycles. The van der Waals surface area contributed by atoms with Gasteiger partial charge in [-0.05, 0) is 24.3 Å². The second kappa shape index (κ2) is 6.89. The number of carbonyl (C=O) groups excluding carboxylic acids is 1. The van der Waals surface area contributed by atoms with Gasteiger partial charge in [0, 0.05) is 17.0 Å². The molecule has 0 spiro atoms. The lowest BCUT2D eigenvalue weighted by atomic mass is 10.1. The van der Waals surface area contributed by atoms with Gasteiger partial charge in [0.15, 0.2) is 0 Å². The van der Waals surface area contributed by atoms with Crippen molar-refractivity contribution < 1.29 is 18.7 Å². The number of hydrogen-bond donors (Lipinski definition) is 0. The van der Waals surface area contributed by atoms with Gasteiger partial charge in [-0.3, -0.25) is 0 Å². The summed E-state index contributed by atoms with van der Waals surface area (Å²) in [6, 6.07) is 15.2. The highest BCUT2D eigenvalue weighted by Gasteiger charge is 2.17. The van der Waals surface area contributed by atoms with E-state index in [2.05, 4.69) is 0 Å². The third-order valence-electron chi connectivity index (χ3n) is 3.69. The van der Waals surface area contributed by atoms with Gasteiger partial charge in [-0.25, -0.2) is 9.59 Å². The van der Waals surface area contributed by atoms with E-state index in [1.54, 1.807) is 48.5 Å². The minimum atomic E-state index is -0.783. The number of fused-ring (bicyclic) bond motifs is 1. The molecule has 0 fully saturated rings. The fraction of sp³-hybridized carbons (Fsp3) is 0.105. The molecule has 0 aliphatic heterocycles. The summed E-state index contributed by atoms with van der Waals surface area (Å²) in [6.07, 6.45) is 0. The number of benzene rings is 2. The second-order valence-electron chi connectivity index (χ2n) is 5.16. The number of hydrogen-bond acceptors (Lipinski definition) is 6. The molecule has 0 radical (unpaired) electrons. The highest BCUT2D eigenvalue weighted by molar-refractivity contribution is 5.89. The number of carbonyl (C=O) groups is 1.